The zero-order valence-electron chi connectivity index (χ0n) is 10.4. The van der Waals surface area contributed by atoms with E-state index in [1.54, 1.807) is 0 Å². The molecule has 0 unspecified atom stereocenters. The van der Waals surface area contributed by atoms with Gasteiger partial charge in [0.2, 0.25) is 0 Å². The van der Waals surface area contributed by atoms with Crippen LogP contribution in [0.5, 0.6) is 0 Å². The van der Waals surface area contributed by atoms with Crippen LogP contribution in [0.25, 0.3) is 0 Å². The zero-order valence-corrected chi connectivity index (χ0v) is 13.4. The first-order valence-electron chi connectivity index (χ1n) is 1.86. The Balaban J connectivity index is -0.00000000218. The molecule has 0 amide bonds. The summed E-state index contributed by atoms with van der Waals surface area (Å²) in [5.74, 6) is -1.67. The second-order valence-corrected chi connectivity index (χ2v) is 1.04. The number of hydrogen-bond acceptors (Lipinski definition) is 2. The van der Waals surface area contributed by atoms with Gasteiger partial charge in [0.05, 0.1) is 0 Å². The maximum absolute atomic E-state index is 9.00. The van der Waals surface area contributed by atoms with Crippen LogP contribution in [0.1, 0.15) is 13.8 Å². The molecule has 0 spiro atoms. The maximum atomic E-state index is 9.00. The van der Waals surface area contributed by atoms with Crippen LogP contribution in [0.15, 0.2) is 0 Å². The number of carboxylic acid groups (broad SMARTS) is 2. The Labute approximate surface area is 120 Å². The van der Waals surface area contributed by atoms with Gasteiger partial charge in [0, 0.05) is 33.3 Å². The normalized spacial score (nSPS) is 2.63. The molecule has 0 rings (SSSR count). The van der Waals surface area contributed by atoms with Gasteiger partial charge in [-0.1, -0.05) is 0 Å². The Kier molecular flexibility index (Phi) is 1780. The molecule has 0 atom stereocenters. The summed E-state index contributed by atoms with van der Waals surface area (Å²) in [7, 11) is 0. The second-order valence-electron chi connectivity index (χ2n) is 1.04. The molecule has 130 valence electrons. The summed E-state index contributed by atoms with van der Waals surface area (Å²) in [4.78, 5) is 18.0. The summed E-state index contributed by atoms with van der Waals surface area (Å²) < 4.78 is 0. The van der Waals surface area contributed by atoms with Crippen LogP contribution in [-0.4, -0.2) is 76.9 Å². The van der Waals surface area contributed by atoms with Crippen LogP contribution < -0.4 is 0 Å². The molecule has 0 radical (unpaired) electrons. The van der Waals surface area contributed by atoms with Gasteiger partial charge in [-0.25, -0.2) is 0 Å². The summed E-state index contributed by atoms with van der Waals surface area (Å²) in [6.45, 7) is 2.17. The molecule has 0 aromatic carbocycles. The molecule has 22 N–H and O–H groups in total. The number of rotatable bonds is 0. The van der Waals surface area contributed by atoms with Crippen LogP contribution in [-0.2, 0) is 29.1 Å². The summed E-state index contributed by atoms with van der Waals surface area (Å²) in [6.07, 6.45) is 0. The van der Waals surface area contributed by atoms with Crippen LogP contribution in [0.3, 0.4) is 0 Å². The van der Waals surface area contributed by atoms with E-state index in [9.17, 15) is 0 Å². The molecule has 0 aromatic rings. The Morgan fingerprint density at radius 1 is 0.526 bits per heavy atom. The van der Waals surface area contributed by atoms with Crippen molar-refractivity contribution in [1.82, 2.24) is 0 Å². The smallest absolute Gasteiger partial charge is 0.300 e. The molecule has 0 aliphatic carbocycles. The van der Waals surface area contributed by atoms with Crippen molar-refractivity contribution in [3.05, 3.63) is 0 Å². The fraction of sp³-hybridized carbons (Fsp3) is 0.500. The topological polar surface area (TPSA) is 390 Å². The van der Waals surface area contributed by atoms with Crippen molar-refractivity contribution in [3.8, 4) is 0 Å². The predicted molar refractivity (Wildman–Crippen MR) is 62.8 cm³/mol. The molecule has 0 aromatic heterocycles. The molecular weight excluding hydrogens is 337 g/mol. The third kappa shape index (κ3) is 5640. The second kappa shape index (κ2) is 168. The van der Waals surface area contributed by atoms with Crippen molar-refractivity contribution in [2.24, 2.45) is 0 Å². The van der Waals surface area contributed by atoms with Crippen LogP contribution >= 0.6 is 0 Å². The molecule has 14 nitrogen and oxygen atoms in total. The third-order valence-corrected chi connectivity index (χ3v) is 0. The van der Waals surface area contributed by atoms with Gasteiger partial charge in [-0.05, 0) is 0 Å². The number of hydrogen-bond donors (Lipinski definition) is 2. The molecule has 0 saturated heterocycles. The first-order chi connectivity index (χ1) is 3.46. The Bertz CT molecular complexity index is 77.4. The Morgan fingerprint density at radius 3 is 0.526 bits per heavy atom. The van der Waals surface area contributed by atoms with Gasteiger partial charge in [-0.3, -0.25) is 9.59 Å². The molecule has 0 bridgehead atoms. The van der Waals surface area contributed by atoms with Gasteiger partial charge in [0.1, 0.15) is 0 Å². The van der Waals surface area contributed by atoms with Crippen molar-refractivity contribution in [2.45, 2.75) is 13.8 Å². The van der Waals surface area contributed by atoms with Crippen LogP contribution in [0.4, 0.5) is 0 Å². The van der Waals surface area contributed by atoms with Gasteiger partial charge < -0.3 is 65.0 Å². The molecule has 0 aliphatic rings. The van der Waals surface area contributed by atoms with Crippen molar-refractivity contribution in [2.75, 3.05) is 0 Å². The van der Waals surface area contributed by atoms with Gasteiger partial charge in [-0.15, -0.1) is 0 Å². The van der Waals surface area contributed by atoms with E-state index in [0.717, 1.165) is 13.8 Å². The van der Waals surface area contributed by atoms with E-state index >= 15 is 0 Å². The zero-order chi connectivity index (χ0) is 7.15. The number of carboxylic acids is 2. The molecule has 15 heteroatoms. The van der Waals surface area contributed by atoms with E-state index in [1.165, 1.54) is 0 Å². The fourth-order valence-electron chi connectivity index (χ4n) is 0. The summed E-state index contributed by atoms with van der Waals surface area (Å²) >= 11 is 0. The van der Waals surface area contributed by atoms with Gasteiger partial charge in [0.15, 0.2) is 0 Å². The molecule has 0 heterocycles. The first kappa shape index (κ1) is 201. The number of carbonyl (C=O) groups is 2. The minimum absolute atomic E-state index is 0. The minimum atomic E-state index is -0.833. The van der Waals surface area contributed by atoms with Crippen molar-refractivity contribution < 1.29 is 94.0 Å². The number of aliphatic carboxylic acids is 2. The van der Waals surface area contributed by atoms with Gasteiger partial charge in [0.25, 0.3) is 11.9 Å². The largest absolute Gasteiger partial charge is 0.481 e. The van der Waals surface area contributed by atoms with E-state index in [-0.39, 0.29) is 74.2 Å². The van der Waals surface area contributed by atoms with E-state index in [4.69, 9.17) is 19.8 Å². The van der Waals surface area contributed by atoms with E-state index in [0.29, 0.717) is 0 Å². The fourth-order valence-corrected chi connectivity index (χ4v) is 0. The first-order valence-corrected chi connectivity index (χ1v) is 1.86. The third-order valence-electron chi connectivity index (χ3n) is 0. The monoisotopic (exact) mass is 364 g/mol. The average Bonchev–Trinajstić information content (AvgIpc) is 1.25. The average molecular weight is 366 g/mol. The van der Waals surface area contributed by atoms with Crippen molar-refractivity contribution in [3.63, 3.8) is 0 Å². The summed E-state index contributed by atoms with van der Waals surface area (Å²) in [5, 5.41) is 14.8. The van der Waals surface area contributed by atoms with Crippen molar-refractivity contribution in [1.29, 1.82) is 0 Å². The maximum Gasteiger partial charge on any atom is 0.300 e. The van der Waals surface area contributed by atoms with Gasteiger partial charge in [-0.2, -0.15) is 0 Å². The SMILES string of the molecule is CC(=O)O.CC(=O)O.O.O.O.O.O.O.O.O.O.O.[Zn]. The Morgan fingerprint density at radius 2 is 0.526 bits per heavy atom. The quantitative estimate of drug-likeness (QED) is 0.394. The standard InChI is InChI=1S/2C2H4O2.10H2O.Zn/c2*1-2(3)4;;;;;;;;;;;/h2*1H3,(H,3,4);10*1H2;. The predicted octanol–water partition coefficient (Wildman–Crippen LogP) is -8.07. The molecule has 19 heavy (non-hydrogen) atoms. The van der Waals surface area contributed by atoms with E-state index < -0.39 is 11.9 Å². The summed E-state index contributed by atoms with van der Waals surface area (Å²) in [5.41, 5.74) is 0. The molecule has 0 aliphatic heterocycles. The molecular formula is C4H28O14Zn. The van der Waals surface area contributed by atoms with E-state index in [2.05, 4.69) is 0 Å². The van der Waals surface area contributed by atoms with Crippen LogP contribution in [0.2, 0.25) is 0 Å². The van der Waals surface area contributed by atoms with Crippen molar-refractivity contribution >= 4 is 11.9 Å². The molecule has 0 fully saturated rings. The molecule has 0 saturated carbocycles. The Hall–Kier alpha value is -0.837. The summed E-state index contributed by atoms with van der Waals surface area (Å²) in [6, 6.07) is 0. The van der Waals surface area contributed by atoms with Crippen LogP contribution in [0, 0.1) is 0 Å². The van der Waals surface area contributed by atoms with E-state index in [1.807, 2.05) is 0 Å². The minimum Gasteiger partial charge on any atom is -0.481 e. The van der Waals surface area contributed by atoms with Gasteiger partial charge >= 0.3 is 0 Å².